The highest BCUT2D eigenvalue weighted by molar-refractivity contribution is 7.38. The number of hydrogen-bond donors (Lipinski definition) is 1. The summed E-state index contributed by atoms with van der Waals surface area (Å²) in [4.78, 5) is 0. The summed E-state index contributed by atoms with van der Waals surface area (Å²) >= 11 is 0. The molecule has 3 nitrogen and oxygen atoms in total. The Morgan fingerprint density at radius 1 is 1.50 bits per heavy atom. The maximum atomic E-state index is 10.6. The van der Waals surface area contributed by atoms with E-state index >= 15 is 0 Å². The molecule has 1 unspecified atom stereocenters. The molecule has 1 rings (SSSR count). The number of para-hydroxylation sites is 1. The summed E-state index contributed by atoms with van der Waals surface area (Å²) in [6, 6.07) is 6.82. The fourth-order valence-electron chi connectivity index (χ4n) is 0.793. The van der Waals surface area contributed by atoms with Gasteiger partial charge in [0.2, 0.25) is 0 Å². The summed E-state index contributed by atoms with van der Waals surface area (Å²) in [7, 11) is -1.60. The number of aromatic hydroxyl groups is 1. The standard InChI is InChI=1S/C8H9O3P/c1-12(10)11-6-7-4-2-3-5-8(7)9/h2-5H,6H2,1H3/p+1. The highest BCUT2D eigenvalue weighted by Gasteiger charge is 2.08. The van der Waals surface area contributed by atoms with Gasteiger partial charge in [-0.2, -0.15) is 0 Å². The van der Waals surface area contributed by atoms with Crippen molar-refractivity contribution < 1.29 is 14.2 Å². The minimum absolute atomic E-state index is 0.175. The molecule has 1 N–H and O–H groups in total. The Hall–Kier alpha value is -0.920. The van der Waals surface area contributed by atoms with E-state index in [1.54, 1.807) is 24.3 Å². The summed E-state index contributed by atoms with van der Waals surface area (Å²) in [6.45, 7) is 1.67. The maximum Gasteiger partial charge on any atom is 0.505 e. The van der Waals surface area contributed by atoms with E-state index < -0.39 is 8.03 Å². The van der Waals surface area contributed by atoms with Gasteiger partial charge in [-0.05, 0) is 10.6 Å². The predicted octanol–water partition coefficient (Wildman–Crippen LogP) is 2.28. The van der Waals surface area contributed by atoms with E-state index in [1.807, 2.05) is 0 Å². The van der Waals surface area contributed by atoms with Crippen molar-refractivity contribution in [2.24, 2.45) is 0 Å². The summed E-state index contributed by atoms with van der Waals surface area (Å²) in [5.74, 6) is 0.175. The van der Waals surface area contributed by atoms with Crippen molar-refractivity contribution in [2.45, 2.75) is 6.61 Å². The van der Waals surface area contributed by atoms with Gasteiger partial charge in [-0.1, -0.05) is 18.2 Å². The lowest BCUT2D eigenvalue weighted by atomic mass is 10.2. The number of benzene rings is 1. The molecule has 0 amide bonds. The van der Waals surface area contributed by atoms with E-state index in [-0.39, 0.29) is 12.4 Å². The molecule has 0 aliphatic rings. The Labute approximate surface area is 71.9 Å². The Kier molecular flexibility index (Phi) is 3.20. The molecule has 0 aliphatic heterocycles. The van der Waals surface area contributed by atoms with E-state index in [4.69, 9.17) is 4.52 Å². The highest BCUT2D eigenvalue weighted by Crippen LogP contribution is 2.22. The zero-order valence-electron chi connectivity index (χ0n) is 6.73. The average molecular weight is 185 g/mol. The van der Waals surface area contributed by atoms with Crippen LogP contribution in [0.1, 0.15) is 5.56 Å². The van der Waals surface area contributed by atoms with Crippen molar-refractivity contribution in [1.82, 2.24) is 0 Å². The van der Waals surface area contributed by atoms with Crippen LogP contribution < -0.4 is 0 Å². The fourth-order valence-corrected chi connectivity index (χ4v) is 1.11. The molecule has 1 aromatic carbocycles. The van der Waals surface area contributed by atoms with Crippen LogP contribution in [-0.2, 0) is 15.7 Å². The van der Waals surface area contributed by atoms with E-state index in [0.29, 0.717) is 5.56 Å². The van der Waals surface area contributed by atoms with Gasteiger partial charge >= 0.3 is 8.03 Å². The molecule has 0 bridgehead atoms. The normalized spacial score (nSPS) is 11.2. The summed E-state index contributed by atoms with van der Waals surface area (Å²) in [5, 5.41) is 9.25. The first-order valence-electron chi connectivity index (χ1n) is 3.51. The van der Waals surface area contributed by atoms with E-state index in [9.17, 15) is 9.67 Å². The third-order valence-corrected chi connectivity index (χ3v) is 1.89. The quantitative estimate of drug-likeness (QED) is 0.735. The largest absolute Gasteiger partial charge is 0.508 e. The van der Waals surface area contributed by atoms with E-state index in [1.165, 1.54) is 6.66 Å². The molecule has 0 radical (unpaired) electrons. The van der Waals surface area contributed by atoms with Gasteiger partial charge in [0.25, 0.3) is 0 Å². The second-order valence-electron chi connectivity index (χ2n) is 2.34. The molecule has 12 heavy (non-hydrogen) atoms. The summed E-state index contributed by atoms with van der Waals surface area (Å²) in [6.07, 6.45) is 0. The average Bonchev–Trinajstić information content (AvgIpc) is 2.03. The van der Waals surface area contributed by atoms with Crippen LogP contribution in [0.15, 0.2) is 24.3 Å². The van der Waals surface area contributed by atoms with Gasteiger partial charge < -0.3 is 5.11 Å². The van der Waals surface area contributed by atoms with Crippen LogP contribution in [0, 0.1) is 0 Å². The molecule has 0 saturated carbocycles. The van der Waals surface area contributed by atoms with Crippen LogP contribution in [0.2, 0.25) is 0 Å². The lowest BCUT2D eigenvalue weighted by Gasteiger charge is -1.97. The van der Waals surface area contributed by atoms with Crippen LogP contribution in [0.3, 0.4) is 0 Å². The zero-order chi connectivity index (χ0) is 8.97. The van der Waals surface area contributed by atoms with E-state index in [2.05, 4.69) is 0 Å². The summed E-state index contributed by atoms with van der Waals surface area (Å²) < 4.78 is 15.4. The van der Waals surface area contributed by atoms with Gasteiger partial charge in [0.15, 0.2) is 6.66 Å². The molecule has 1 aromatic rings. The maximum absolute atomic E-state index is 10.6. The lowest BCUT2D eigenvalue weighted by molar-refractivity contribution is 0.314. The molecule has 4 heteroatoms. The highest BCUT2D eigenvalue weighted by atomic mass is 31.1. The van der Waals surface area contributed by atoms with Crippen molar-refractivity contribution in [2.75, 3.05) is 6.66 Å². The van der Waals surface area contributed by atoms with Crippen molar-refractivity contribution in [1.29, 1.82) is 0 Å². The molecule has 0 saturated heterocycles. The fraction of sp³-hybridized carbons (Fsp3) is 0.250. The molecule has 0 spiro atoms. The molecule has 0 aliphatic carbocycles. The monoisotopic (exact) mass is 185 g/mol. The van der Waals surface area contributed by atoms with Crippen molar-refractivity contribution in [3.63, 3.8) is 0 Å². The minimum Gasteiger partial charge on any atom is -0.508 e. The molecular formula is C8H10O3P+. The first-order valence-corrected chi connectivity index (χ1v) is 5.13. The smallest absolute Gasteiger partial charge is 0.505 e. The van der Waals surface area contributed by atoms with Crippen LogP contribution in [0.25, 0.3) is 0 Å². The topological polar surface area (TPSA) is 46.5 Å². The number of phenolic OH excluding ortho intramolecular Hbond substituents is 1. The Morgan fingerprint density at radius 3 is 2.75 bits per heavy atom. The second kappa shape index (κ2) is 4.19. The van der Waals surface area contributed by atoms with Gasteiger partial charge in [-0.15, -0.1) is 4.52 Å². The number of phenols is 1. The Bertz CT molecular complexity index is 285. The van der Waals surface area contributed by atoms with Crippen LogP contribution >= 0.6 is 8.03 Å². The molecule has 64 valence electrons. The SMILES string of the molecule is C[P+](=O)OCc1ccccc1O. The van der Waals surface area contributed by atoms with Gasteiger partial charge in [-0.3, -0.25) is 0 Å². The third kappa shape index (κ3) is 2.61. The third-order valence-electron chi connectivity index (χ3n) is 1.39. The molecule has 1 atom stereocenters. The first kappa shape index (κ1) is 9.17. The van der Waals surface area contributed by atoms with Gasteiger partial charge in [0, 0.05) is 5.56 Å². The van der Waals surface area contributed by atoms with Gasteiger partial charge in [0.1, 0.15) is 12.4 Å². The molecular weight excluding hydrogens is 175 g/mol. The molecule has 0 heterocycles. The number of rotatable bonds is 3. The predicted molar refractivity (Wildman–Crippen MR) is 46.4 cm³/mol. The lowest BCUT2D eigenvalue weighted by Crippen LogP contribution is -1.85. The Balaban J connectivity index is 2.63. The van der Waals surface area contributed by atoms with E-state index in [0.717, 1.165) is 0 Å². The van der Waals surface area contributed by atoms with Crippen molar-refractivity contribution in [3.8, 4) is 5.75 Å². The van der Waals surface area contributed by atoms with Crippen LogP contribution in [0.4, 0.5) is 0 Å². The molecule has 0 fully saturated rings. The summed E-state index contributed by atoms with van der Waals surface area (Å²) in [5.41, 5.74) is 0.655. The van der Waals surface area contributed by atoms with Crippen molar-refractivity contribution in [3.05, 3.63) is 29.8 Å². The van der Waals surface area contributed by atoms with Gasteiger partial charge in [0.05, 0.1) is 0 Å². The van der Waals surface area contributed by atoms with Crippen LogP contribution in [0.5, 0.6) is 5.75 Å². The van der Waals surface area contributed by atoms with Crippen molar-refractivity contribution >= 4 is 8.03 Å². The van der Waals surface area contributed by atoms with Crippen LogP contribution in [-0.4, -0.2) is 11.8 Å². The minimum atomic E-state index is -1.60. The first-order chi connectivity index (χ1) is 5.70. The van der Waals surface area contributed by atoms with Gasteiger partial charge in [-0.25, -0.2) is 0 Å². The zero-order valence-corrected chi connectivity index (χ0v) is 7.62. The number of hydrogen-bond acceptors (Lipinski definition) is 3. The second-order valence-corrected chi connectivity index (χ2v) is 3.48. The Morgan fingerprint density at radius 2 is 2.17 bits per heavy atom. The molecule has 0 aromatic heterocycles.